The summed E-state index contributed by atoms with van der Waals surface area (Å²) in [5.74, 6) is -0.0816. The molecule has 1 heterocycles. The highest BCUT2D eigenvalue weighted by molar-refractivity contribution is 6.36. The van der Waals surface area contributed by atoms with Gasteiger partial charge in [0.25, 0.3) is 0 Å². The van der Waals surface area contributed by atoms with Crippen LogP contribution in [-0.2, 0) is 18.3 Å². The Kier molecular flexibility index (Phi) is 4.91. The minimum atomic E-state index is -0.0816. The maximum absolute atomic E-state index is 12.0. The van der Waals surface area contributed by atoms with Crippen molar-refractivity contribution in [3.8, 4) is 0 Å². The number of nitrogens with one attached hydrogen (secondary N) is 1. The zero-order valence-corrected chi connectivity index (χ0v) is 13.7. The molecule has 6 heteroatoms. The van der Waals surface area contributed by atoms with Gasteiger partial charge in [-0.3, -0.25) is 9.48 Å². The van der Waals surface area contributed by atoms with E-state index in [2.05, 4.69) is 10.4 Å². The predicted molar refractivity (Wildman–Crippen MR) is 86.1 cm³/mol. The zero-order chi connectivity index (χ0) is 15.6. The van der Waals surface area contributed by atoms with Crippen LogP contribution in [0.2, 0.25) is 10.0 Å². The first-order chi connectivity index (χ1) is 9.88. The summed E-state index contributed by atoms with van der Waals surface area (Å²) >= 11 is 11.9. The van der Waals surface area contributed by atoms with Crippen LogP contribution in [0.3, 0.4) is 0 Å². The molecule has 21 heavy (non-hydrogen) atoms. The molecule has 0 spiro atoms. The van der Waals surface area contributed by atoms with Crippen molar-refractivity contribution >= 4 is 34.8 Å². The predicted octanol–water partition coefficient (Wildman–Crippen LogP) is 3.92. The number of amides is 1. The van der Waals surface area contributed by atoms with Crippen LogP contribution in [-0.4, -0.2) is 15.7 Å². The molecule has 0 saturated carbocycles. The molecule has 0 aliphatic heterocycles. The second-order valence-electron chi connectivity index (χ2n) is 4.95. The lowest BCUT2D eigenvalue weighted by atomic mass is 10.1. The summed E-state index contributed by atoms with van der Waals surface area (Å²) in [6.07, 6.45) is 1.04. The number of halogens is 2. The number of aromatic nitrogens is 2. The quantitative estimate of drug-likeness (QED) is 0.926. The van der Waals surface area contributed by atoms with Crippen molar-refractivity contribution in [1.82, 2.24) is 9.78 Å². The number of aryl methyl sites for hydroxylation is 2. The van der Waals surface area contributed by atoms with Crippen molar-refractivity contribution in [2.24, 2.45) is 7.05 Å². The topological polar surface area (TPSA) is 46.9 Å². The summed E-state index contributed by atoms with van der Waals surface area (Å²) in [7, 11) is 1.90. The third-order valence-electron chi connectivity index (χ3n) is 3.47. The molecule has 0 aliphatic carbocycles. The van der Waals surface area contributed by atoms with E-state index in [1.54, 1.807) is 18.2 Å². The Hall–Kier alpha value is -1.52. The van der Waals surface area contributed by atoms with Gasteiger partial charge in [0.2, 0.25) is 5.91 Å². The number of carbonyl (C=O) groups is 1. The van der Waals surface area contributed by atoms with Gasteiger partial charge in [-0.05, 0) is 44.0 Å². The molecule has 0 atom stereocenters. The summed E-state index contributed by atoms with van der Waals surface area (Å²) in [5.41, 5.74) is 3.75. The summed E-state index contributed by atoms with van der Waals surface area (Å²) in [6, 6.07) is 5.00. The monoisotopic (exact) mass is 325 g/mol. The number of nitrogens with zero attached hydrogens (tertiary/aromatic N) is 2. The molecule has 0 saturated heterocycles. The highest BCUT2D eigenvalue weighted by Gasteiger charge is 2.12. The first-order valence-electron chi connectivity index (χ1n) is 6.62. The fourth-order valence-electron chi connectivity index (χ4n) is 2.22. The summed E-state index contributed by atoms with van der Waals surface area (Å²) < 4.78 is 1.83. The Morgan fingerprint density at radius 2 is 2.05 bits per heavy atom. The Bertz CT molecular complexity index is 680. The molecule has 0 bridgehead atoms. The van der Waals surface area contributed by atoms with Crippen LogP contribution in [0.1, 0.15) is 23.4 Å². The second kappa shape index (κ2) is 6.50. The van der Waals surface area contributed by atoms with Gasteiger partial charge in [-0.25, -0.2) is 0 Å². The minimum absolute atomic E-state index is 0.0816. The Balaban J connectivity index is 1.99. The number of hydrogen-bond acceptors (Lipinski definition) is 2. The maximum atomic E-state index is 12.0. The highest BCUT2D eigenvalue weighted by atomic mass is 35.5. The van der Waals surface area contributed by atoms with E-state index < -0.39 is 0 Å². The lowest BCUT2D eigenvalue weighted by Crippen LogP contribution is -2.13. The lowest BCUT2D eigenvalue weighted by molar-refractivity contribution is -0.116. The molecule has 1 N–H and O–H groups in total. The van der Waals surface area contributed by atoms with E-state index in [4.69, 9.17) is 23.2 Å². The van der Waals surface area contributed by atoms with Gasteiger partial charge < -0.3 is 5.32 Å². The van der Waals surface area contributed by atoms with Crippen LogP contribution >= 0.6 is 23.2 Å². The number of rotatable bonds is 4. The maximum Gasteiger partial charge on any atom is 0.224 e. The van der Waals surface area contributed by atoms with Crippen LogP contribution in [0.5, 0.6) is 0 Å². The van der Waals surface area contributed by atoms with Crippen LogP contribution in [0.4, 0.5) is 5.69 Å². The molecular formula is C15H17Cl2N3O. The van der Waals surface area contributed by atoms with Gasteiger partial charge in [-0.2, -0.15) is 5.10 Å². The average Bonchev–Trinajstić information content (AvgIpc) is 2.65. The molecule has 0 unspecified atom stereocenters. The molecular weight excluding hydrogens is 309 g/mol. The van der Waals surface area contributed by atoms with Crippen LogP contribution < -0.4 is 5.32 Å². The van der Waals surface area contributed by atoms with Crippen LogP contribution in [0, 0.1) is 13.8 Å². The van der Waals surface area contributed by atoms with E-state index in [0.29, 0.717) is 28.6 Å². The molecule has 1 aromatic carbocycles. The molecule has 112 valence electrons. The molecule has 2 rings (SSSR count). The summed E-state index contributed by atoms with van der Waals surface area (Å²) in [5, 5.41) is 8.12. The number of hydrogen-bond donors (Lipinski definition) is 1. The van der Waals surface area contributed by atoms with E-state index >= 15 is 0 Å². The van der Waals surface area contributed by atoms with Crippen molar-refractivity contribution < 1.29 is 4.79 Å². The molecule has 4 nitrogen and oxygen atoms in total. The van der Waals surface area contributed by atoms with E-state index in [-0.39, 0.29) is 5.91 Å². The van der Waals surface area contributed by atoms with Crippen molar-refractivity contribution in [3.63, 3.8) is 0 Å². The number of anilines is 1. The molecule has 1 aromatic heterocycles. The molecule has 1 amide bonds. The minimum Gasteiger partial charge on any atom is -0.325 e. The second-order valence-corrected chi connectivity index (χ2v) is 5.79. The van der Waals surface area contributed by atoms with Crippen molar-refractivity contribution in [1.29, 1.82) is 0 Å². The van der Waals surface area contributed by atoms with Gasteiger partial charge in [-0.1, -0.05) is 23.2 Å². The molecule has 2 aromatic rings. The van der Waals surface area contributed by atoms with Gasteiger partial charge in [0.1, 0.15) is 0 Å². The average molecular weight is 326 g/mol. The van der Waals surface area contributed by atoms with E-state index in [1.165, 1.54) is 0 Å². The van der Waals surface area contributed by atoms with Crippen LogP contribution in [0.25, 0.3) is 0 Å². The third kappa shape index (κ3) is 3.77. The first kappa shape index (κ1) is 15.9. The Morgan fingerprint density at radius 1 is 1.33 bits per heavy atom. The largest absolute Gasteiger partial charge is 0.325 e. The Labute approximate surface area is 134 Å². The third-order valence-corrected chi connectivity index (χ3v) is 4.01. The van der Waals surface area contributed by atoms with Gasteiger partial charge >= 0.3 is 0 Å². The lowest BCUT2D eigenvalue weighted by Gasteiger charge is -2.08. The fraction of sp³-hybridized carbons (Fsp3) is 0.333. The van der Waals surface area contributed by atoms with Crippen molar-refractivity contribution in [2.75, 3.05) is 5.32 Å². The first-order valence-corrected chi connectivity index (χ1v) is 7.38. The molecule has 0 aliphatic rings. The number of benzene rings is 1. The SMILES string of the molecule is Cc1nn(C)c(C)c1CCC(=O)Nc1ccc(Cl)cc1Cl. The highest BCUT2D eigenvalue weighted by Crippen LogP contribution is 2.25. The van der Waals surface area contributed by atoms with Gasteiger partial charge in [-0.15, -0.1) is 0 Å². The number of carbonyl (C=O) groups excluding carboxylic acids is 1. The summed E-state index contributed by atoms with van der Waals surface area (Å²) in [6.45, 7) is 3.96. The normalized spacial score (nSPS) is 10.7. The van der Waals surface area contributed by atoms with Gasteiger partial charge in [0.05, 0.1) is 16.4 Å². The smallest absolute Gasteiger partial charge is 0.224 e. The van der Waals surface area contributed by atoms with E-state index in [0.717, 1.165) is 17.0 Å². The summed E-state index contributed by atoms with van der Waals surface area (Å²) in [4.78, 5) is 12.0. The molecule has 0 radical (unpaired) electrons. The zero-order valence-electron chi connectivity index (χ0n) is 12.2. The standard InChI is InChI=1S/C15H17Cl2N3O/c1-9-12(10(2)20(3)19-9)5-7-15(21)18-14-6-4-11(16)8-13(14)17/h4,6,8H,5,7H2,1-3H3,(H,18,21). The van der Waals surface area contributed by atoms with Crippen LogP contribution in [0.15, 0.2) is 18.2 Å². The van der Waals surface area contributed by atoms with Gasteiger partial charge in [0, 0.05) is 24.2 Å². The van der Waals surface area contributed by atoms with Gasteiger partial charge in [0.15, 0.2) is 0 Å². The fourth-order valence-corrected chi connectivity index (χ4v) is 2.68. The van der Waals surface area contributed by atoms with Crippen molar-refractivity contribution in [3.05, 3.63) is 45.2 Å². The van der Waals surface area contributed by atoms with E-state index in [1.807, 2.05) is 25.6 Å². The molecule has 0 fully saturated rings. The Morgan fingerprint density at radius 3 is 2.62 bits per heavy atom. The van der Waals surface area contributed by atoms with Crippen molar-refractivity contribution in [2.45, 2.75) is 26.7 Å². The van der Waals surface area contributed by atoms with E-state index in [9.17, 15) is 4.79 Å².